The molecular weight excluding hydrogens is 272 g/mol. The highest BCUT2D eigenvalue weighted by molar-refractivity contribution is 7.18. The largest absolute Gasteiger partial charge is 0.382 e. The minimum atomic E-state index is -0.107. The summed E-state index contributed by atoms with van der Waals surface area (Å²) in [4.78, 5) is 16.9. The number of rotatable bonds is 5. The SMILES string of the molecule is CC(C)Nc1nc(N)c(C(=O)NCC2(C)CCCC2)s1. The Morgan fingerprint density at radius 2 is 2.10 bits per heavy atom. The average molecular weight is 296 g/mol. The van der Waals surface area contributed by atoms with Crippen molar-refractivity contribution < 1.29 is 4.79 Å². The van der Waals surface area contributed by atoms with E-state index in [9.17, 15) is 4.79 Å². The highest BCUT2D eigenvalue weighted by Gasteiger charge is 2.29. The lowest BCUT2D eigenvalue weighted by Crippen LogP contribution is -2.34. The van der Waals surface area contributed by atoms with Crippen LogP contribution in [0.1, 0.15) is 56.1 Å². The van der Waals surface area contributed by atoms with Gasteiger partial charge in [0.15, 0.2) is 5.13 Å². The molecule has 4 N–H and O–H groups in total. The number of aromatic nitrogens is 1. The first kappa shape index (κ1) is 15.1. The van der Waals surface area contributed by atoms with Gasteiger partial charge in [0.05, 0.1) is 0 Å². The Bertz CT molecular complexity index is 478. The van der Waals surface area contributed by atoms with Gasteiger partial charge in [-0.3, -0.25) is 4.79 Å². The van der Waals surface area contributed by atoms with Gasteiger partial charge < -0.3 is 16.4 Å². The summed E-state index contributed by atoms with van der Waals surface area (Å²) in [6, 6.07) is 0.272. The minimum Gasteiger partial charge on any atom is -0.382 e. The number of nitrogens with zero attached hydrogens (tertiary/aromatic N) is 1. The molecule has 5 nitrogen and oxygen atoms in total. The van der Waals surface area contributed by atoms with Gasteiger partial charge in [-0.05, 0) is 32.1 Å². The van der Waals surface area contributed by atoms with Crippen molar-refractivity contribution in [1.82, 2.24) is 10.3 Å². The van der Waals surface area contributed by atoms with Crippen LogP contribution in [-0.4, -0.2) is 23.5 Å². The number of amides is 1. The van der Waals surface area contributed by atoms with Crippen LogP contribution in [0.4, 0.5) is 10.9 Å². The first-order valence-corrected chi connectivity index (χ1v) is 8.02. The standard InChI is InChI=1S/C14H24N4OS/c1-9(2)17-13-18-11(15)10(20-13)12(19)16-8-14(3)6-4-5-7-14/h9H,4-8,15H2,1-3H3,(H,16,19)(H,17,18). The van der Waals surface area contributed by atoms with Crippen LogP contribution in [0.3, 0.4) is 0 Å². The molecule has 1 aliphatic rings. The highest BCUT2D eigenvalue weighted by Crippen LogP contribution is 2.36. The molecule has 1 saturated carbocycles. The van der Waals surface area contributed by atoms with Gasteiger partial charge in [-0.25, -0.2) is 4.98 Å². The molecule has 6 heteroatoms. The second kappa shape index (κ2) is 5.99. The molecule has 0 spiro atoms. The number of nitrogen functional groups attached to an aromatic ring is 1. The van der Waals surface area contributed by atoms with Crippen molar-refractivity contribution in [3.63, 3.8) is 0 Å². The van der Waals surface area contributed by atoms with Crippen LogP contribution in [0.5, 0.6) is 0 Å². The Morgan fingerprint density at radius 1 is 1.45 bits per heavy atom. The van der Waals surface area contributed by atoms with E-state index in [1.165, 1.54) is 37.0 Å². The third-order valence-electron chi connectivity index (χ3n) is 3.76. The smallest absolute Gasteiger partial charge is 0.265 e. The molecule has 1 fully saturated rings. The van der Waals surface area contributed by atoms with E-state index >= 15 is 0 Å². The Hall–Kier alpha value is -1.30. The van der Waals surface area contributed by atoms with Crippen molar-refractivity contribution in [3.8, 4) is 0 Å². The van der Waals surface area contributed by atoms with Crippen molar-refractivity contribution >= 4 is 28.2 Å². The molecule has 0 aliphatic heterocycles. The Morgan fingerprint density at radius 3 is 2.70 bits per heavy atom. The molecule has 0 aromatic carbocycles. The molecule has 112 valence electrons. The van der Waals surface area contributed by atoms with Gasteiger partial charge in [0.25, 0.3) is 5.91 Å². The van der Waals surface area contributed by atoms with Crippen molar-refractivity contribution in [2.45, 2.75) is 52.5 Å². The number of anilines is 2. The van der Waals surface area contributed by atoms with Crippen molar-refractivity contribution in [2.24, 2.45) is 5.41 Å². The van der Waals surface area contributed by atoms with Crippen LogP contribution in [0.25, 0.3) is 0 Å². The lowest BCUT2D eigenvalue weighted by molar-refractivity contribution is 0.0939. The maximum Gasteiger partial charge on any atom is 0.265 e. The summed E-state index contributed by atoms with van der Waals surface area (Å²) < 4.78 is 0. The third-order valence-corrected chi connectivity index (χ3v) is 4.76. The van der Waals surface area contributed by atoms with Crippen molar-refractivity contribution in [2.75, 3.05) is 17.6 Å². The molecule has 0 atom stereocenters. The fourth-order valence-electron chi connectivity index (χ4n) is 2.58. The average Bonchev–Trinajstić information content (AvgIpc) is 2.93. The second-order valence-corrected chi connectivity index (χ2v) is 7.23. The third kappa shape index (κ3) is 3.62. The van der Waals surface area contributed by atoms with Gasteiger partial charge in [0.2, 0.25) is 0 Å². The summed E-state index contributed by atoms with van der Waals surface area (Å²) in [6.07, 6.45) is 4.90. The number of hydrogen-bond donors (Lipinski definition) is 3. The molecule has 1 aromatic rings. The number of thiazole rings is 1. The molecule has 0 unspecified atom stereocenters. The Kier molecular flexibility index (Phi) is 4.52. The van der Waals surface area contributed by atoms with Crippen LogP contribution in [0, 0.1) is 5.41 Å². The van der Waals surface area contributed by atoms with Crippen LogP contribution in [-0.2, 0) is 0 Å². The fraction of sp³-hybridized carbons (Fsp3) is 0.714. The molecule has 1 amide bonds. The monoisotopic (exact) mass is 296 g/mol. The van der Waals surface area contributed by atoms with E-state index in [0.29, 0.717) is 15.8 Å². The molecule has 0 saturated heterocycles. The molecule has 0 radical (unpaired) electrons. The molecule has 1 heterocycles. The normalized spacial score (nSPS) is 17.4. The van der Waals surface area contributed by atoms with Crippen LogP contribution in [0.2, 0.25) is 0 Å². The van der Waals surface area contributed by atoms with Crippen LogP contribution >= 0.6 is 11.3 Å². The first-order valence-electron chi connectivity index (χ1n) is 7.21. The molecule has 20 heavy (non-hydrogen) atoms. The zero-order valence-corrected chi connectivity index (χ0v) is 13.3. The molecule has 2 rings (SSSR count). The van der Waals surface area contributed by atoms with E-state index in [4.69, 9.17) is 5.73 Å². The maximum atomic E-state index is 12.2. The number of nitrogens with two attached hydrogens (primary N) is 1. The van der Waals surface area contributed by atoms with E-state index in [2.05, 4.69) is 22.5 Å². The van der Waals surface area contributed by atoms with Gasteiger partial charge in [-0.1, -0.05) is 31.1 Å². The van der Waals surface area contributed by atoms with Gasteiger partial charge >= 0.3 is 0 Å². The molecule has 0 bridgehead atoms. The number of hydrogen-bond acceptors (Lipinski definition) is 5. The molecular formula is C14H24N4OS. The summed E-state index contributed by atoms with van der Waals surface area (Å²) in [7, 11) is 0. The van der Waals surface area contributed by atoms with E-state index in [1.54, 1.807) is 0 Å². The molecule has 1 aliphatic carbocycles. The van der Waals surface area contributed by atoms with Crippen LogP contribution < -0.4 is 16.4 Å². The Labute approximate surface area is 124 Å². The van der Waals surface area contributed by atoms with Gasteiger partial charge in [0, 0.05) is 12.6 Å². The zero-order valence-electron chi connectivity index (χ0n) is 12.5. The predicted molar refractivity (Wildman–Crippen MR) is 84.2 cm³/mol. The number of carbonyl (C=O) groups is 1. The lowest BCUT2D eigenvalue weighted by atomic mass is 9.89. The summed E-state index contributed by atoms with van der Waals surface area (Å²) in [5, 5.41) is 6.89. The predicted octanol–water partition coefficient (Wildman–Crippen LogP) is 2.86. The van der Waals surface area contributed by atoms with Crippen molar-refractivity contribution in [3.05, 3.63) is 4.88 Å². The summed E-state index contributed by atoms with van der Waals surface area (Å²) in [6.45, 7) is 7.01. The zero-order chi connectivity index (χ0) is 14.8. The summed E-state index contributed by atoms with van der Waals surface area (Å²) in [5.41, 5.74) is 6.08. The van der Waals surface area contributed by atoms with Gasteiger partial charge in [-0.2, -0.15) is 0 Å². The summed E-state index contributed by atoms with van der Waals surface area (Å²) >= 11 is 1.32. The molecule has 1 aromatic heterocycles. The number of nitrogens with one attached hydrogen (secondary N) is 2. The lowest BCUT2D eigenvalue weighted by Gasteiger charge is -2.23. The van der Waals surface area contributed by atoms with E-state index in [0.717, 1.165) is 6.54 Å². The van der Waals surface area contributed by atoms with E-state index in [1.807, 2.05) is 13.8 Å². The minimum absolute atomic E-state index is 0.107. The van der Waals surface area contributed by atoms with Crippen LogP contribution in [0.15, 0.2) is 0 Å². The summed E-state index contributed by atoms with van der Waals surface area (Å²) in [5.74, 6) is 0.206. The Balaban J connectivity index is 1.96. The topological polar surface area (TPSA) is 80.0 Å². The first-order chi connectivity index (χ1) is 9.39. The van der Waals surface area contributed by atoms with Gasteiger partial charge in [-0.15, -0.1) is 0 Å². The van der Waals surface area contributed by atoms with E-state index in [-0.39, 0.29) is 17.4 Å². The van der Waals surface area contributed by atoms with E-state index < -0.39 is 0 Å². The fourth-order valence-corrected chi connectivity index (χ4v) is 3.53. The van der Waals surface area contributed by atoms with Crippen molar-refractivity contribution in [1.29, 1.82) is 0 Å². The van der Waals surface area contributed by atoms with Gasteiger partial charge in [0.1, 0.15) is 10.7 Å². The highest BCUT2D eigenvalue weighted by atomic mass is 32.1. The second-order valence-electron chi connectivity index (χ2n) is 6.23. The number of carbonyl (C=O) groups excluding carboxylic acids is 1. The quantitative estimate of drug-likeness (QED) is 0.780. The maximum absolute atomic E-state index is 12.2.